The number of ether oxygens (including phenoxy) is 1. The summed E-state index contributed by atoms with van der Waals surface area (Å²) in [5.41, 5.74) is -0.536. The van der Waals surface area contributed by atoms with Crippen LogP contribution < -0.4 is 20.2 Å². The molecular weight excluding hydrogens is 430 g/mol. The minimum atomic E-state index is -5.32. The topological polar surface area (TPSA) is 218 Å². The van der Waals surface area contributed by atoms with E-state index in [-0.39, 0.29) is 11.2 Å². The van der Waals surface area contributed by atoms with Crippen molar-refractivity contribution in [3.8, 4) is 0 Å². The fourth-order valence-corrected chi connectivity index (χ4v) is 4.69. The minimum absolute atomic E-state index is 0.0448. The van der Waals surface area contributed by atoms with Gasteiger partial charge in [-0.2, -0.15) is 0 Å². The monoisotopic (exact) mass is 441 g/mol. The lowest BCUT2D eigenvalue weighted by molar-refractivity contribution is -0.320. The maximum atomic E-state index is 11.7. The summed E-state index contributed by atoms with van der Waals surface area (Å²) in [5, 5.41) is 20.2. The zero-order valence-electron chi connectivity index (χ0n) is 13.0. The van der Waals surface area contributed by atoms with Crippen molar-refractivity contribution in [2.45, 2.75) is 24.5 Å². The van der Waals surface area contributed by atoms with Crippen LogP contribution in [-0.4, -0.2) is 54.7 Å². The summed E-state index contributed by atoms with van der Waals surface area (Å²) in [6, 6.07) is 0. The van der Waals surface area contributed by atoms with Gasteiger partial charge in [0.05, 0.1) is 19.3 Å². The molecule has 0 spiro atoms. The summed E-state index contributed by atoms with van der Waals surface area (Å²) in [5.74, 6) is 0. The molecule has 1 saturated heterocycles. The number of aromatic nitrogens is 4. The first-order valence-corrected chi connectivity index (χ1v) is 11.1. The largest absolute Gasteiger partial charge is 0.812 e. The van der Waals surface area contributed by atoms with Crippen LogP contribution in [0.2, 0.25) is 0 Å². The second-order valence-corrected chi connectivity index (χ2v) is 9.42. The van der Waals surface area contributed by atoms with Crippen LogP contribution in [-0.2, 0) is 29.9 Å². The van der Waals surface area contributed by atoms with Crippen molar-refractivity contribution in [2.24, 2.45) is 0 Å². The van der Waals surface area contributed by atoms with Gasteiger partial charge < -0.3 is 43.4 Å². The van der Waals surface area contributed by atoms with Crippen molar-refractivity contribution in [3.05, 3.63) is 23.0 Å². The average Bonchev–Trinajstić information content (AvgIpc) is 3.07. The van der Waals surface area contributed by atoms with Crippen LogP contribution in [0, 0.1) is 0 Å². The highest BCUT2D eigenvalue weighted by molar-refractivity contribution is 8.06. The Hall–Kier alpha value is -1.09. The van der Waals surface area contributed by atoms with Gasteiger partial charge in [-0.1, -0.05) is 6.72 Å². The quantitative estimate of drug-likeness (QED) is 0.367. The molecule has 2 aromatic rings. The van der Waals surface area contributed by atoms with Gasteiger partial charge in [0.2, 0.25) is 0 Å². The van der Waals surface area contributed by atoms with Crippen molar-refractivity contribution in [3.63, 3.8) is 0 Å². The summed E-state index contributed by atoms with van der Waals surface area (Å²) in [4.78, 5) is 54.6. The highest BCUT2D eigenvalue weighted by Crippen LogP contribution is 2.51. The molecule has 3 rings (SSSR count). The maximum absolute atomic E-state index is 11.7. The molecule has 3 N–H and O–H groups in total. The smallest absolute Gasteiger partial charge is 0.278 e. The Morgan fingerprint density at radius 2 is 2.04 bits per heavy atom. The molecule has 1 fully saturated rings. The zero-order valence-corrected chi connectivity index (χ0v) is 15.6. The number of nitrogens with zero attached hydrogens (tertiary/aromatic N) is 3. The third kappa shape index (κ3) is 4.50. The van der Waals surface area contributed by atoms with Gasteiger partial charge in [-0.3, -0.25) is 13.9 Å². The lowest BCUT2D eigenvalue weighted by atomic mass is 10.1. The van der Waals surface area contributed by atoms with Gasteiger partial charge in [-0.05, 0) is 0 Å². The van der Waals surface area contributed by atoms with Crippen LogP contribution in [0.1, 0.15) is 6.23 Å². The Bertz CT molecular complexity index is 990. The molecule has 0 saturated carbocycles. The van der Waals surface area contributed by atoms with Crippen LogP contribution in [0.5, 0.6) is 0 Å². The lowest BCUT2D eigenvalue weighted by Gasteiger charge is -2.39. The molecule has 17 heteroatoms. The minimum Gasteiger partial charge on any atom is -0.812 e. The number of hydrogen-bond acceptors (Lipinski definition) is 13. The van der Waals surface area contributed by atoms with E-state index in [9.17, 15) is 34.3 Å². The Balaban J connectivity index is 1.76. The molecule has 1 unspecified atom stereocenters. The van der Waals surface area contributed by atoms with Gasteiger partial charge >= 0.3 is 0 Å². The van der Waals surface area contributed by atoms with Crippen LogP contribution in [0.3, 0.4) is 0 Å². The van der Waals surface area contributed by atoms with Gasteiger partial charge in [0.15, 0.2) is 17.4 Å². The predicted octanol–water partition coefficient (Wildman–Crippen LogP) is -3.81. The van der Waals surface area contributed by atoms with E-state index in [1.165, 1.54) is 4.57 Å². The summed E-state index contributed by atoms with van der Waals surface area (Å²) >= 11 is 3.81. The predicted molar refractivity (Wildman–Crippen MR) is 83.0 cm³/mol. The van der Waals surface area contributed by atoms with Gasteiger partial charge in [-0.15, -0.1) is 11.8 Å². The van der Waals surface area contributed by atoms with Crippen molar-refractivity contribution >= 4 is 37.5 Å². The summed E-state index contributed by atoms with van der Waals surface area (Å²) in [6.45, 7) is -5.90. The molecule has 0 radical (unpaired) electrons. The number of aliphatic hydroxyl groups excluding tert-OH is 2. The number of hydrogen-bond donors (Lipinski definition) is 3. The van der Waals surface area contributed by atoms with E-state index in [0.717, 1.165) is 12.7 Å². The second kappa shape index (κ2) is 7.39. The molecular formula is C10H11N4O10P2S-3. The summed E-state index contributed by atoms with van der Waals surface area (Å²) < 4.78 is 25.9. The van der Waals surface area contributed by atoms with E-state index in [4.69, 9.17) is 4.74 Å². The SMILES string of the molecule is O=c1[nH]cnc2c1ncn2[C@@H]1O[C@H](COP(=O)([O-])OP([O-])([O-])=S)[C@@H](O)[C@H]1O. The van der Waals surface area contributed by atoms with Crippen molar-refractivity contribution in [1.29, 1.82) is 0 Å². The molecule has 0 amide bonds. The van der Waals surface area contributed by atoms with Crippen LogP contribution >= 0.6 is 14.5 Å². The number of nitrogens with one attached hydrogen (secondary N) is 1. The van der Waals surface area contributed by atoms with E-state index >= 15 is 0 Å². The van der Waals surface area contributed by atoms with E-state index in [0.29, 0.717) is 0 Å². The van der Waals surface area contributed by atoms with E-state index < -0.39 is 51.2 Å². The molecule has 0 aliphatic carbocycles. The summed E-state index contributed by atoms with van der Waals surface area (Å²) in [7, 11) is -5.32. The van der Waals surface area contributed by atoms with Gasteiger partial charge in [0, 0.05) is 0 Å². The van der Waals surface area contributed by atoms with Gasteiger partial charge in [0.25, 0.3) is 13.4 Å². The molecule has 1 aliphatic heterocycles. The van der Waals surface area contributed by atoms with E-state index in [1.807, 2.05) is 0 Å². The number of imidazole rings is 1. The van der Waals surface area contributed by atoms with Gasteiger partial charge in [0.1, 0.15) is 18.3 Å². The average molecular weight is 441 g/mol. The highest BCUT2D eigenvalue weighted by atomic mass is 32.5. The van der Waals surface area contributed by atoms with E-state index in [1.54, 1.807) is 0 Å². The number of phosphoric acid groups is 1. The number of aromatic amines is 1. The maximum Gasteiger partial charge on any atom is 0.278 e. The second-order valence-electron chi connectivity index (χ2n) is 5.37. The van der Waals surface area contributed by atoms with Crippen LogP contribution in [0.4, 0.5) is 0 Å². The third-order valence-corrected chi connectivity index (χ3v) is 6.24. The standard InChI is InChI=1S/C10H14N4O10P2S/c15-6-4(1-22-25(18,19)24-26(20,21)27)23-10(7(6)16)14-3-13-5-8(14)11-2-12-9(5)17/h2-4,6-7,10,15-16H,1H2,(H,18,19)(H,11,12,17)(H2,20,21,27)/p-3/t4-,6-,7-,10-/m1/s1. The number of H-pyrrole nitrogens is 1. The fourth-order valence-electron chi connectivity index (χ4n) is 2.46. The third-order valence-electron chi connectivity index (χ3n) is 3.57. The summed E-state index contributed by atoms with van der Waals surface area (Å²) in [6.07, 6.45) is -3.59. The van der Waals surface area contributed by atoms with E-state index in [2.05, 4.69) is 35.6 Å². The van der Waals surface area contributed by atoms with Crippen molar-refractivity contribution in [1.82, 2.24) is 19.5 Å². The van der Waals surface area contributed by atoms with Crippen molar-refractivity contribution < 1.29 is 43.0 Å². The van der Waals surface area contributed by atoms with Crippen molar-refractivity contribution in [2.75, 3.05) is 6.61 Å². The van der Waals surface area contributed by atoms with Crippen LogP contribution in [0.25, 0.3) is 11.2 Å². The molecule has 150 valence electrons. The number of rotatable bonds is 6. The molecule has 0 bridgehead atoms. The fraction of sp³-hybridized carbons (Fsp3) is 0.500. The highest BCUT2D eigenvalue weighted by Gasteiger charge is 2.44. The normalized spacial score (nSPS) is 28.5. The molecule has 5 atom stereocenters. The molecule has 2 aromatic heterocycles. The molecule has 27 heavy (non-hydrogen) atoms. The number of phosphoric ester groups is 1. The number of aliphatic hydroxyl groups is 2. The first-order valence-electron chi connectivity index (χ1n) is 7.09. The van der Waals surface area contributed by atoms with Gasteiger partial charge in [-0.25, -0.2) is 9.97 Å². The molecule has 14 nitrogen and oxygen atoms in total. The Labute approximate surface area is 154 Å². The first-order chi connectivity index (χ1) is 12.5. The zero-order chi connectivity index (χ0) is 20.0. The number of fused-ring (bicyclic) bond motifs is 1. The first kappa shape index (κ1) is 20.6. The Morgan fingerprint density at radius 3 is 2.70 bits per heavy atom. The Kier molecular flexibility index (Phi) is 5.65. The lowest BCUT2D eigenvalue weighted by Crippen LogP contribution is -2.34. The molecule has 1 aliphatic rings. The van der Waals surface area contributed by atoms with Crippen LogP contribution in [0.15, 0.2) is 17.4 Å². The molecule has 0 aromatic carbocycles. The Morgan fingerprint density at radius 1 is 1.33 bits per heavy atom. The molecule has 3 heterocycles.